The molecule has 0 unspecified atom stereocenters. The lowest BCUT2D eigenvalue weighted by atomic mass is 9.90. The second-order valence-corrected chi connectivity index (χ2v) is 4.56. The minimum atomic E-state index is -0.146. The summed E-state index contributed by atoms with van der Waals surface area (Å²) in [5.41, 5.74) is -0.0347. The van der Waals surface area contributed by atoms with Crippen molar-refractivity contribution in [3.63, 3.8) is 0 Å². The Balaban J connectivity index is 2.47. The fourth-order valence-electron chi connectivity index (χ4n) is 1.26. The number of aromatic nitrogens is 2. The fraction of sp³-hybridized carbons (Fsp3) is 0.636. The van der Waals surface area contributed by atoms with Crippen LogP contribution in [0.1, 0.15) is 20.3 Å². The molecule has 5 heteroatoms. The SMILES string of the molecule is COCCC(C)(C)CNc1cc(=O)[nH]cn1. The molecule has 0 atom stereocenters. The molecule has 1 aromatic rings. The van der Waals surface area contributed by atoms with E-state index in [-0.39, 0.29) is 11.0 Å². The molecule has 0 aliphatic heterocycles. The van der Waals surface area contributed by atoms with Crippen LogP contribution in [0, 0.1) is 5.41 Å². The monoisotopic (exact) mass is 225 g/mol. The van der Waals surface area contributed by atoms with Crippen molar-refractivity contribution < 1.29 is 4.74 Å². The molecule has 0 amide bonds. The number of hydrogen-bond donors (Lipinski definition) is 2. The Hall–Kier alpha value is -1.36. The van der Waals surface area contributed by atoms with E-state index in [0.717, 1.165) is 19.6 Å². The van der Waals surface area contributed by atoms with E-state index in [1.165, 1.54) is 12.4 Å². The van der Waals surface area contributed by atoms with Crippen LogP contribution in [-0.4, -0.2) is 30.2 Å². The van der Waals surface area contributed by atoms with Crippen LogP contribution in [0.5, 0.6) is 0 Å². The summed E-state index contributed by atoms with van der Waals surface area (Å²) < 4.78 is 5.05. The van der Waals surface area contributed by atoms with Gasteiger partial charge in [0.25, 0.3) is 5.56 Å². The zero-order valence-corrected chi connectivity index (χ0v) is 10.0. The van der Waals surface area contributed by atoms with Gasteiger partial charge in [-0.2, -0.15) is 0 Å². The van der Waals surface area contributed by atoms with Crippen molar-refractivity contribution in [1.29, 1.82) is 0 Å². The van der Waals surface area contributed by atoms with Gasteiger partial charge < -0.3 is 15.0 Å². The number of rotatable bonds is 6. The van der Waals surface area contributed by atoms with Crippen LogP contribution in [0.25, 0.3) is 0 Å². The van der Waals surface area contributed by atoms with Crippen molar-refractivity contribution in [3.8, 4) is 0 Å². The van der Waals surface area contributed by atoms with Crippen molar-refractivity contribution >= 4 is 5.82 Å². The third-order valence-electron chi connectivity index (χ3n) is 2.41. The summed E-state index contributed by atoms with van der Waals surface area (Å²) in [6.07, 6.45) is 2.35. The normalized spacial score (nSPS) is 11.4. The van der Waals surface area contributed by atoms with Gasteiger partial charge in [0, 0.05) is 26.3 Å². The zero-order valence-electron chi connectivity index (χ0n) is 10.0. The molecule has 0 spiro atoms. The third kappa shape index (κ3) is 4.44. The van der Waals surface area contributed by atoms with Gasteiger partial charge in [0.2, 0.25) is 0 Å². The predicted molar refractivity (Wildman–Crippen MR) is 63.6 cm³/mol. The van der Waals surface area contributed by atoms with E-state index in [0.29, 0.717) is 5.82 Å². The molecule has 0 aliphatic rings. The predicted octanol–water partition coefficient (Wildman–Crippen LogP) is 1.24. The number of hydrogen-bond acceptors (Lipinski definition) is 4. The van der Waals surface area contributed by atoms with Crippen molar-refractivity contribution in [3.05, 3.63) is 22.7 Å². The second-order valence-electron chi connectivity index (χ2n) is 4.56. The largest absolute Gasteiger partial charge is 0.385 e. The van der Waals surface area contributed by atoms with Crippen LogP contribution in [-0.2, 0) is 4.74 Å². The maximum absolute atomic E-state index is 11.0. The van der Waals surface area contributed by atoms with Crippen molar-refractivity contribution in [2.45, 2.75) is 20.3 Å². The summed E-state index contributed by atoms with van der Waals surface area (Å²) in [4.78, 5) is 17.5. The molecule has 90 valence electrons. The summed E-state index contributed by atoms with van der Waals surface area (Å²) in [6.45, 7) is 5.78. The molecule has 1 heterocycles. The minimum absolute atomic E-state index is 0.111. The summed E-state index contributed by atoms with van der Waals surface area (Å²) in [5, 5.41) is 3.15. The Labute approximate surface area is 95.3 Å². The van der Waals surface area contributed by atoms with Crippen molar-refractivity contribution in [2.75, 3.05) is 25.6 Å². The molecule has 0 aliphatic carbocycles. The van der Waals surface area contributed by atoms with Crippen LogP contribution < -0.4 is 10.9 Å². The summed E-state index contributed by atoms with van der Waals surface area (Å²) >= 11 is 0. The minimum Gasteiger partial charge on any atom is -0.385 e. The molecule has 0 saturated heterocycles. The first kappa shape index (κ1) is 12.7. The molecule has 1 aromatic heterocycles. The highest BCUT2D eigenvalue weighted by Crippen LogP contribution is 2.20. The fourth-order valence-corrected chi connectivity index (χ4v) is 1.26. The summed E-state index contributed by atoms with van der Waals surface area (Å²) in [6, 6.07) is 1.45. The molecular formula is C11H19N3O2. The Kier molecular flexibility index (Phi) is 4.49. The zero-order chi connectivity index (χ0) is 12.0. The lowest BCUT2D eigenvalue weighted by molar-refractivity contribution is 0.157. The maximum Gasteiger partial charge on any atom is 0.252 e. The molecule has 0 radical (unpaired) electrons. The van der Waals surface area contributed by atoms with E-state index in [1.54, 1.807) is 7.11 Å². The third-order valence-corrected chi connectivity index (χ3v) is 2.41. The van der Waals surface area contributed by atoms with E-state index in [2.05, 4.69) is 29.1 Å². The number of H-pyrrole nitrogens is 1. The Bertz CT molecular complexity index is 373. The summed E-state index contributed by atoms with van der Waals surface area (Å²) in [5.74, 6) is 0.606. The topological polar surface area (TPSA) is 67.0 Å². The lowest BCUT2D eigenvalue weighted by Crippen LogP contribution is -2.25. The molecule has 2 N–H and O–H groups in total. The van der Waals surface area contributed by atoms with Crippen LogP contribution in [0.15, 0.2) is 17.2 Å². The molecule has 0 aromatic carbocycles. The van der Waals surface area contributed by atoms with Gasteiger partial charge in [0.15, 0.2) is 0 Å². The Morgan fingerprint density at radius 3 is 2.94 bits per heavy atom. The number of nitrogens with one attached hydrogen (secondary N) is 2. The van der Waals surface area contributed by atoms with E-state index in [4.69, 9.17) is 4.74 Å². The van der Waals surface area contributed by atoms with Crippen LogP contribution in [0.3, 0.4) is 0 Å². The number of ether oxygens (including phenoxy) is 1. The first-order chi connectivity index (χ1) is 7.53. The highest BCUT2D eigenvalue weighted by atomic mass is 16.5. The highest BCUT2D eigenvalue weighted by Gasteiger charge is 2.17. The van der Waals surface area contributed by atoms with E-state index in [9.17, 15) is 4.79 Å². The molecule has 0 bridgehead atoms. The number of anilines is 1. The molecule has 0 saturated carbocycles. The van der Waals surface area contributed by atoms with Gasteiger partial charge in [-0.05, 0) is 11.8 Å². The summed E-state index contributed by atoms with van der Waals surface area (Å²) in [7, 11) is 1.70. The van der Waals surface area contributed by atoms with Gasteiger partial charge in [0.1, 0.15) is 5.82 Å². The molecule has 5 nitrogen and oxygen atoms in total. The van der Waals surface area contributed by atoms with Crippen LogP contribution in [0.4, 0.5) is 5.82 Å². The average Bonchev–Trinajstić information content (AvgIpc) is 2.24. The molecule has 1 rings (SSSR count). The van der Waals surface area contributed by atoms with Crippen molar-refractivity contribution in [2.24, 2.45) is 5.41 Å². The van der Waals surface area contributed by atoms with Gasteiger partial charge >= 0.3 is 0 Å². The highest BCUT2D eigenvalue weighted by molar-refractivity contribution is 5.31. The second kappa shape index (κ2) is 5.65. The standard InChI is InChI=1S/C11H19N3O2/c1-11(2,4-5-16-3)7-12-9-6-10(15)14-8-13-9/h6,8H,4-5,7H2,1-3H3,(H2,12,13,14,15). The van der Waals surface area contributed by atoms with Gasteiger partial charge in [-0.25, -0.2) is 4.98 Å². The van der Waals surface area contributed by atoms with Gasteiger partial charge in [-0.3, -0.25) is 4.79 Å². The van der Waals surface area contributed by atoms with E-state index in [1.807, 2.05) is 0 Å². The van der Waals surface area contributed by atoms with Gasteiger partial charge in [-0.1, -0.05) is 13.8 Å². The number of nitrogens with zero attached hydrogens (tertiary/aromatic N) is 1. The molecular weight excluding hydrogens is 206 g/mol. The van der Waals surface area contributed by atoms with Gasteiger partial charge in [-0.15, -0.1) is 0 Å². The first-order valence-electron chi connectivity index (χ1n) is 5.31. The van der Waals surface area contributed by atoms with E-state index >= 15 is 0 Å². The first-order valence-corrected chi connectivity index (χ1v) is 5.31. The number of methoxy groups -OCH3 is 1. The Morgan fingerprint density at radius 1 is 1.56 bits per heavy atom. The number of aromatic amines is 1. The van der Waals surface area contributed by atoms with Gasteiger partial charge in [0.05, 0.1) is 6.33 Å². The van der Waals surface area contributed by atoms with Crippen molar-refractivity contribution in [1.82, 2.24) is 9.97 Å². The Morgan fingerprint density at radius 2 is 2.31 bits per heavy atom. The average molecular weight is 225 g/mol. The van der Waals surface area contributed by atoms with Crippen LogP contribution in [0.2, 0.25) is 0 Å². The van der Waals surface area contributed by atoms with E-state index < -0.39 is 0 Å². The molecule has 16 heavy (non-hydrogen) atoms. The van der Waals surface area contributed by atoms with Crippen LogP contribution >= 0.6 is 0 Å². The maximum atomic E-state index is 11.0. The molecule has 0 fully saturated rings. The smallest absolute Gasteiger partial charge is 0.252 e. The lowest BCUT2D eigenvalue weighted by Gasteiger charge is -2.24. The quantitative estimate of drug-likeness (QED) is 0.764.